The third-order valence-electron chi connectivity index (χ3n) is 6.55. The van der Waals surface area contributed by atoms with Gasteiger partial charge in [-0.05, 0) is 79.0 Å². The van der Waals surface area contributed by atoms with E-state index in [1.165, 1.54) is 30.3 Å². The number of piperidine rings is 1. The Hall–Kier alpha value is -3.26. The Morgan fingerprint density at radius 3 is 2.53 bits per heavy atom. The lowest BCUT2D eigenvalue weighted by Gasteiger charge is -2.34. The molecule has 8 nitrogen and oxygen atoms in total. The lowest BCUT2D eigenvalue weighted by molar-refractivity contribution is -0.389. The van der Waals surface area contributed by atoms with Gasteiger partial charge in [-0.3, -0.25) is 4.57 Å². The van der Waals surface area contributed by atoms with Crippen LogP contribution in [0.4, 0.5) is 11.5 Å². The summed E-state index contributed by atoms with van der Waals surface area (Å²) >= 11 is 6.00. The van der Waals surface area contributed by atoms with E-state index in [0.717, 1.165) is 30.3 Å². The molecule has 1 saturated heterocycles. The summed E-state index contributed by atoms with van der Waals surface area (Å²) in [5.74, 6) is 1.26. The number of hydrogen-bond donors (Lipinski definition) is 0. The Balaban J connectivity index is 1.10. The number of fused-ring (bicyclic) bond motifs is 1. The van der Waals surface area contributed by atoms with Crippen molar-refractivity contribution < 1.29 is 14.4 Å². The quantitative estimate of drug-likeness (QED) is 0.343. The van der Waals surface area contributed by atoms with Gasteiger partial charge >= 0.3 is 11.8 Å². The van der Waals surface area contributed by atoms with E-state index in [1.54, 1.807) is 4.57 Å². The number of imidazole rings is 1. The maximum atomic E-state index is 10.9. The molecule has 5 rings (SSSR count). The summed E-state index contributed by atoms with van der Waals surface area (Å²) in [6.45, 7) is 4.77. The molecule has 9 heteroatoms. The number of nitrogens with zero attached hydrogens (tertiary/aromatic N) is 4. The lowest BCUT2D eigenvalue weighted by Crippen LogP contribution is -2.38. The number of ether oxygens (including phenoxy) is 2. The summed E-state index contributed by atoms with van der Waals surface area (Å²) in [5.41, 5.74) is 1.93. The summed E-state index contributed by atoms with van der Waals surface area (Å²) in [5, 5.41) is 11.6. The molecule has 0 aliphatic carbocycles. The van der Waals surface area contributed by atoms with Gasteiger partial charge in [0.1, 0.15) is 18.6 Å². The Morgan fingerprint density at radius 1 is 1.18 bits per heavy atom. The average molecular weight is 483 g/mol. The second-order valence-electron chi connectivity index (χ2n) is 9.36. The van der Waals surface area contributed by atoms with Gasteiger partial charge in [-0.1, -0.05) is 23.7 Å². The van der Waals surface area contributed by atoms with Crippen molar-refractivity contribution in [1.82, 2.24) is 9.55 Å². The van der Waals surface area contributed by atoms with Crippen LogP contribution in [0, 0.1) is 16.0 Å². The third-order valence-corrected chi connectivity index (χ3v) is 6.81. The molecular formula is C25H27ClN4O4. The molecule has 0 unspecified atom stereocenters. The first-order chi connectivity index (χ1) is 16.4. The van der Waals surface area contributed by atoms with Crippen LogP contribution in [0.1, 0.15) is 25.3 Å². The van der Waals surface area contributed by atoms with E-state index in [2.05, 4.69) is 34.1 Å². The number of nitro groups is 1. The molecule has 3 heterocycles. The van der Waals surface area contributed by atoms with Crippen molar-refractivity contribution >= 4 is 23.1 Å². The third kappa shape index (κ3) is 4.97. The minimum atomic E-state index is -0.623. The smallest absolute Gasteiger partial charge is 0.415 e. The number of hydrogen-bond acceptors (Lipinski definition) is 6. The fourth-order valence-corrected chi connectivity index (χ4v) is 4.82. The summed E-state index contributed by atoms with van der Waals surface area (Å²) in [7, 11) is 0. The summed E-state index contributed by atoms with van der Waals surface area (Å²) in [6.07, 6.45) is 4.84. The maximum Gasteiger partial charge on any atom is 0.415 e. The summed E-state index contributed by atoms with van der Waals surface area (Å²) in [6, 6.07) is 16.6. The Labute approximate surface area is 203 Å². The van der Waals surface area contributed by atoms with Crippen LogP contribution in [0.2, 0.25) is 5.02 Å². The largest absolute Gasteiger partial charge is 0.489 e. The van der Waals surface area contributed by atoms with Gasteiger partial charge in [0.25, 0.3) is 0 Å². The lowest BCUT2D eigenvalue weighted by atomic mass is 9.90. The maximum absolute atomic E-state index is 10.9. The van der Waals surface area contributed by atoms with Gasteiger partial charge in [-0.2, -0.15) is 0 Å². The van der Waals surface area contributed by atoms with Crippen LogP contribution in [0.15, 0.2) is 54.7 Å². The van der Waals surface area contributed by atoms with Crippen LogP contribution < -0.4 is 14.4 Å². The van der Waals surface area contributed by atoms with Gasteiger partial charge in [0.15, 0.2) is 5.60 Å². The molecule has 178 valence electrons. The second kappa shape index (κ2) is 9.18. The minimum Gasteiger partial charge on any atom is -0.489 e. The Kier molecular flexibility index (Phi) is 6.08. The van der Waals surface area contributed by atoms with Crippen LogP contribution in [0.3, 0.4) is 0 Å². The molecule has 1 atom stereocenters. The second-order valence-corrected chi connectivity index (χ2v) is 9.80. The van der Waals surface area contributed by atoms with Gasteiger partial charge in [-0.15, -0.1) is 0 Å². The van der Waals surface area contributed by atoms with Gasteiger partial charge in [0.2, 0.25) is 0 Å². The van der Waals surface area contributed by atoms with Crippen LogP contribution in [-0.4, -0.2) is 39.8 Å². The van der Waals surface area contributed by atoms with Gasteiger partial charge < -0.3 is 24.5 Å². The molecule has 34 heavy (non-hydrogen) atoms. The predicted octanol–water partition coefficient (Wildman–Crippen LogP) is 5.13. The monoisotopic (exact) mass is 482 g/mol. The van der Waals surface area contributed by atoms with Crippen LogP contribution >= 0.6 is 11.6 Å². The molecule has 1 fully saturated rings. The van der Waals surface area contributed by atoms with E-state index >= 15 is 0 Å². The molecule has 0 N–H and O–H groups in total. The first kappa shape index (κ1) is 22.5. The molecule has 0 saturated carbocycles. The molecule has 3 aromatic rings. The minimum absolute atomic E-state index is 0.206. The molecule has 1 aromatic heterocycles. The predicted molar refractivity (Wildman–Crippen MR) is 130 cm³/mol. The molecule has 0 radical (unpaired) electrons. The Morgan fingerprint density at radius 2 is 1.88 bits per heavy atom. The molecule has 2 aliphatic heterocycles. The van der Waals surface area contributed by atoms with Crippen molar-refractivity contribution in [3.8, 4) is 11.8 Å². The van der Waals surface area contributed by atoms with Crippen LogP contribution in [-0.2, 0) is 13.0 Å². The zero-order valence-electron chi connectivity index (χ0n) is 19.0. The Bertz CT molecular complexity index is 1130. The van der Waals surface area contributed by atoms with E-state index in [0.29, 0.717) is 19.1 Å². The fourth-order valence-electron chi connectivity index (χ4n) is 4.69. The number of rotatable bonds is 7. The topological polar surface area (TPSA) is 82.7 Å². The number of anilines is 1. The number of halogens is 1. The molecular weight excluding hydrogens is 456 g/mol. The van der Waals surface area contributed by atoms with Crippen molar-refractivity contribution in [2.75, 3.05) is 24.6 Å². The molecule has 0 spiro atoms. The highest BCUT2D eigenvalue weighted by molar-refractivity contribution is 6.30. The van der Waals surface area contributed by atoms with E-state index in [1.807, 2.05) is 31.2 Å². The van der Waals surface area contributed by atoms with E-state index in [4.69, 9.17) is 21.1 Å². The van der Waals surface area contributed by atoms with Gasteiger partial charge in [0.05, 0.1) is 6.54 Å². The highest BCUT2D eigenvalue weighted by Crippen LogP contribution is 2.32. The van der Waals surface area contributed by atoms with Crippen LogP contribution in [0.5, 0.6) is 11.8 Å². The highest BCUT2D eigenvalue weighted by atomic mass is 35.5. The standard InChI is InChI=1S/C25H27ClN4O4/c1-25(16-29-15-23(30(31)32)27-24(29)34-25)17-33-22-8-6-21(7-9-22)28-12-10-19(11-13-28)14-18-2-4-20(26)5-3-18/h2-9,15,19H,10-14,16-17H2,1H3/t25-/m1/s1. The highest BCUT2D eigenvalue weighted by Gasteiger charge is 2.41. The van der Waals surface area contributed by atoms with Gasteiger partial charge in [0, 0.05) is 28.8 Å². The van der Waals surface area contributed by atoms with Crippen molar-refractivity contribution in [2.45, 2.75) is 38.3 Å². The van der Waals surface area contributed by atoms with Crippen molar-refractivity contribution in [2.24, 2.45) is 5.92 Å². The van der Waals surface area contributed by atoms with E-state index < -0.39 is 10.5 Å². The zero-order chi connectivity index (χ0) is 23.7. The fraction of sp³-hybridized carbons (Fsp3) is 0.400. The molecule has 2 aliphatic rings. The van der Waals surface area contributed by atoms with Crippen LogP contribution in [0.25, 0.3) is 0 Å². The first-order valence-corrected chi connectivity index (χ1v) is 11.9. The summed E-state index contributed by atoms with van der Waals surface area (Å²) < 4.78 is 13.5. The van der Waals surface area contributed by atoms with E-state index in [-0.39, 0.29) is 11.8 Å². The van der Waals surface area contributed by atoms with Gasteiger partial charge in [-0.25, -0.2) is 0 Å². The normalized spacial score (nSPS) is 20.1. The molecule has 2 aromatic carbocycles. The zero-order valence-corrected chi connectivity index (χ0v) is 19.8. The summed E-state index contributed by atoms with van der Waals surface area (Å²) in [4.78, 5) is 16.7. The van der Waals surface area contributed by atoms with E-state index in [9.17, 15) is 10.1 Å². The van der Waals surface area contributed by atoms with Crippen molar-refractivity contribution in [3.05, 3.63) is 75.4 Å². The first-order valence-electron chi connectivity index (χ1n) is 11.5. The number of benzene rings is 2. The molecule has 0 amide bonds. The molecule has 0 bridgehead atoms. The number of aromatic nitrogens is 2. The van der Waals surface area contributed by atoms with Crippen molar-refractivity contribution in [1.29, 1.82) is 0 Å². The SMILES string of the molecule is C[C@]1(COc2ccc(N3CCC(Cc4ccc(Cl)cc4)CC3)cc2)Cn2cc([N+](=O)[O-])nc2O1. The average Bonchev–Trinajstić information content (AvgIpc) is 3.36. The van der Waals surface area contributed by atoms with Crippen molar-refractivity contribution in [3.63, 3.8) is 0 Å².